The number of halogens is 1. The number of thiazole rings is 1. The van der Waals surface area contributed by atoms with Gasteiger partial charge >= 0.3 is 5.97 Å². The zero-order valence-corrected chi connectivity index (χ0v) is 15.6. The molecule has 0 saturated heterocycles. The van der Waals surface area contributed by atoms with E-state index in [2.05, 4.69) is 9.73 Å². The zero-order chi connectivity index (χ0) is 19.4. The first-order valence-electron chi connectivity index (χ1n) is 8.11. The van der Waals surface area contributed by atoms with Crippen LogP contribution in [0.1, 0.15) is 16.8 Å². The molecule has 140 valence electrons. The van der Waals surface area contributed by atoms with Crippen molar-refractivity contribution in [2.75, 3.05) is 14.2 Å². The Balaban J connectivity index is 2.10. The van der Waals surface area contributed by atoms with Gasteiger partial charge in [-0.05, 0) is 30.3 Å². The number of hydrogen-bond donors (Lipinski definition) is 0. The predicted octanol–water partition coefficient (Wildman–Crippen LogP) is 3.15. The average Bonchev–Trinajstić information content (AvgIpc) is 3.02. The monoisotopic (exact) mass is 388 g/mol. The van der Waals surface area contributed by atoms with Crippen molar-refractivity contribution in [3.8, 4) is 5.75 Å². The molecule has 0 N–H and O–H groups in total. The lowest BCUT2D eigenvalue weighted by atomic mass is 10.2. The minimum absolute atomic E-state index is 0.105. The fraction of sp³-hybridized carbons (Fsp3) is 0.211. The highest BCUT2D eigenvalue weighted by molar-refractivity contribution is 7.16. The second-order valence-electron chi connectivity index (χ2n) is 5.59. The van der Waals surface area contributed by atoms with Crippen molar-refractivity contribution in [3.05, 3.63) is 58.6 Å². The number of carbonyl (C=O) groups excluding carboxylic acids is 2. The van der Waals surface area contributed by atoms with E-state index in [0.29, 0.717) is 10.6 Å². The summed E-state index contributed by atoms with van der Waals surface area (Å²) in [5.41, 5.74) is 0.692. The Kier molecular flexibility index (Phi) is 5.66. The molecule has 0 aliphatic heterocycles. The highest BCUT2D eigenvalue weighted by Gasteiger charge is 2.13. The summed E-state index contributed by atoms with van der Waals surface area (Å²) >= 11 is 1.26. The molecule has 6 nitrogen and oxygen atoms in total. The number of benzene rings is 2. The van der Waals surface area contributed by atoms with Gasteiger partial charge in [-0.25, -0.2) is 4.39 Å². The van der Waals surface area contributed by atoms with E-state index in [9.17, 15) is 14.0 Å². The minimum Gasteiger partial charge on any atom is -0.497 e. The molecule has 0 radical (unpaired) electrons. The van der Waals surface area contributed by atoms with Gasteiger partial charge in [-0.15, -0.1) is 0 Å². The molecular formula is C19H17FN2O4S. The Morgan fingerprint density at radius 3 is 2.67 bits per heavy atom. The SMILES string of the molecule is COC(=O)CCn1c(=NC(=O)c2ccccc2F)sc2cc(OC)ccc21. The predicted molar refractivity (Wildman–Crippen MR) is 99.3 cm³/mol. The second kappa shape index (κ2) is 8.13. The van der Waals surface area contributed by atoms with Gasteiger partial charge in [-0.2, -0.15) is 4.99 Å². The van der Waals surface area contributed by atoms with E-state index < -0.39 is 11.7 Å². The van der Waals surface area contributed by atoms with Crippen LogP contribution in [-0.4, -0.2) is 30.7 Å². The number of amides is 1. The number of carbonyl (C=O) groups is 2. The number of fused-ring (bicyclic) bond motifs is 1. The van der Waals surface area contributed by atoms with Crippen LogP contribution >= 0.6 is 11.3 Å². The topological polar surface area (TPSA) is 69.9 Å². The number of hydrogen-bond acceptors (Lipinski definition) is 5. The van der Waals surface area contributed by atoms with Crippen molar-refractivity contribution >= 4 is 33.4 Å². The molecule has 0 aliphatic carbocycles. The third-order valence-corrected chi connectivity index (χ3v) is 5.00. The Bertz CT molecular complexity index is 1070. The third-order valence-electron chi connectivity index (χ3n) is 3.96. The van der Waals surface area contributed by atoms with Crippen molar-refractivity contribution in [2.24, 2.45) is 4.99 Å². The summed E-state index contributed by atoms with van der Waals surface area (Å²) in [6, 6.07) is 11.1. The van der Waals surface area contributed by atoms with Gasteiger partial charge in [0.05, 0.1) is 36.4 Å². The van der Waals surface area contributed by atoms with Crippen molar-refractivity contribution < 1.29 is 23.5 Å². The van der Waals surface area contributed by atoms with Crippen LogP contribution in [0.4, 0.5) is 4.39 Å². The number of aryl methyl sites for hydroxylation is 1. The molecule has 0 bridgehead atoms. The first-order valence-corrected chi connectivity index (χ1v) is 8.93. The molecule has 27 heavy (non-hydrogen) atoms. The highest BCUT2D eigenvalue weighted by Crippen LogP contribution is 2.23. The summed E-state index contributed by atoms with van der Waals surface area (Å²) < 4.78 is 26.4. The quantitative estimate of drug-likeness (QED) is 0.630. The number of nitrogens with zero attached hydrogens (tertiary/aromatic N) is 2. The van der Waals surface area contributed by atoms with Crippen LogP contribution in [-0.2, 0) is 16.1 Å². The Labute approximate surface area is 158 Å². The van der Waals surface area contributed by atoms with E-state index in [1.807, 2.05) is 12.1 Å². The molecule has 0 fully saturated rings. The third kappa shape index (κ3) is 4.06. The first-order chi connectivity index (χ1) is 13.0. The standard InChI is InChI=1S/C19H17FN2O4S/c1-25-12-7-8-15-16(11-12)27-19(22(15)10-9-17(23)26-2)21-18(24)13-5-3-4-6-14(13)20/h3-8,11H,9-10H2,1-2H3. The van der Waals surface area contributed by atoms with Crippen LogP contribution in [0.2, 0.25) is 0 Å². The van der Waals surface area contributed by atoms with Gasteiger partial charge in [0.2, 0.25) is 0 Å². The van der Waals surface area contributed by atoms with Crippen molar-refractivity contribution in [2.45, 2.75) is 13.0 Å². The van der Waals surface area contributed by atoms with E-state index in [1.54, 1.807) is 23.8 Å². The van der Waals surface area contributed by atoms with Crippen LogP contribution < -0.4 is 9.54 Å². The molecule has 2 aromatic carbocycles. The van der Waals surface area contributed by atoms with Gasteiger partial charge in [0.25, 0.3) is 5.91 Å². The number of rotatable bonds is 5. The molecule has 0 unspecified atom stereocenters. The van der Waals surface area contributed by atoms with Gasteiger partial charge in [0.1, 0.15) is 11.6 Å². The van der Waals surface area contributed by atoms with Crippen LogP contribution in [0.15, 0.2) is 47.5 Å². The molecule has 3 rings (SSSR count). The molecule has 1 aromatic heterocycles. The Morgan fingerprint density at radius 2 is 1.96 bits per heavy atom. The number of methoxy groups -OCH3 is 2. The van der Waals surface area contributed by atoms with Crippen molar-refractivity contribution in [1.82, 2.24) is 4.57 Å². The van der Waals surface area contributed by atoms with Gasteiger partial charge < -0.3 is 14.0 Å². The van der Waals surface area contributed by atoms with Crippen LogP contribution in [0.5, 0.6) is 5.75 Å². The molecule has 1 amide bonds. The molecule has 0 spiro atoms. The minimum atomic E-state index is -0.682. The Hall–Kier alpha value is -3.00. The number of esters is 1. The maximum Gasteiger partial charge on any atom is 0.307 e. The van der Waals surface area contributed by atoms with Gasteiger partial charge in [-0.1, -0.05) is 23.5 Å². The summed E-state index contributed by atoms with van der Waals surface area (Å²) in [5.74, 6) is -1.02. The molecule has 1 heterocycles. The van der Waals surface area contributed by atoms with E-state index in [4.69, 9.17) is 4.74 Å². The summed E-state index contributed by atoms with van der Waals surface area (Å²) in [6.07, 6.45) is 0.120. The highest BCUT2D eigenvalue weighted by atomic mass is 32.1. The van der Waals surface area contributed by atoms with Gasteiger partial charge in [0.15, 0.2) is 4.80 Å². The van der Waals surface area contributed by atoms with Crippen molar-refractivity contribution in [3.63, 3.8) is 0 Å². The molecule has 0 saturated carbocycles. The van der Waals surface area contributed by atoms with E-state index in [-0.39, 0.29) is 24.5 Å². The molecule has 0 aliphatic rings. The van der Waals surface area contributed by atoms with Gasteiger partial charge in [-0.3, -0.25) is 9.59 Å². The molecule has 8 heteroatoms. The first kappa shape index (κ1) is 18.8. The lowest BCUT2D eigenvalue weighted by Crippen LogP contribution is -2.19. The molecule has 3 aromatic rings. The maximum absolute atomic E-state index is 13.9. The number of aromatic nitrogens is 1. The molecular weight excluding hydrogens is 371 g/mol. The summed E-state index contributed by atoms with van der Waals surface area (Å²) in [5, 5.41) is 0. The number of ether oxygens (including phenoxy) is 2. The second-order valence-corrected chi connectivity index (χ2v) is 6.60. The van der Waals surface area contributed by atoms with E-state index in [0.717, 1.165) is 10.2 Å². The normalized spacial score (nSPS) is 11.6. The summed E-state index contributed by atoms with van der Waals surface area (Å²) in [7, 11) is 2.88. The van der Waals surface area contributed by atoms with Crippen LogP contribution in [0, 0.1) is 5.82 Å². The van der Waals surface area contributed by atoms with Crippen LogP contribution in [0.3, 0.4) is 0 Å². The summed E-state index contributed by atoms with van der Waals surface area (Å²) in [4.78, 5) is 28.5. The summed E-state index contributed by atoms with van der Waals surface area (Å²) in [6.45, 7) is 0.280. The fourth-order valence-corrected chi connectivity index (χ4v) is 3.65. The maximum atomic E-state index is 13.9. The van der Waals surface area contributed by atoms with Crippen molar-refractivity contribution in [1.29, 1.82) is 0 Å². The van der Waals surface area contributed by atoms with E-state index >= 15 is 0 Å². The smallest absolute Gasteiger partial charge is 0.307 e. The van der Waals surface area contributed by atoms with Crippen LogP contribution in [0.25, 0.3) is 10.2 Å². The average molecular weight is 388 g/mol. The largest absolute Gasteiger partial charge is 0.497 e. The zero-order valence-electron chi connectivity index (χ0n) is 14.8. The molecule has 0 atom stereocenters. The van der Waals surface area contributed by atoms with Gasteiger partial charge in [0, 0.05) is 6.54 Å². The van der Waals surface area contributed by atoms with E-state index in [1.165, 1.54) is 36.6 Å². The lowest BCUT2D eigenvalue weighted by molar-refractivity contribution is -0.140. The Morgan fingerprint density at radius 1 is 1.19 bits per heavy atom. The lowest BCUT2D eigenvalue weighted by Gasteiger charge is -2.05. The fourth-order valence-electron chi connectivity index (χ4n) is 2.57.